The van der Waals surface area contributed by atoms with E-state index in [0.717, 1.165) is 12.0 Å². The number of amides is 1. The smallest absolute Gasteiger partial charge is 0.249 e. The first-order valence-corrected chi connectivity index (χ1v) is 4.56. The summed E-state index contributed by atoms with van der Waals surface area (Å²) >= 11 is 0. The fraction of sp³-hybridized carbons (Fsp3) is 0.545. The van der Waals surface area contributed by atoms with Gasteiger partial charge in [0.05, 0.1) is 6.54 Å². The third kappa shape index (κ3) is 3.80. The van der Waals surface area contributed by atoms with Gasteiger partial charge in [-0.15, -0.1) is 6.42 Å². The van der Waals surface area contributed by atoms with Crippen LogP contribution in [0.4, 0.5) is 0 Å². The second kappa shape index (κ2) is 6.30. The highest BCUT2D eigenvalue weighted by atomic mass is 16.2. The zero-order valence-corrected chi connectivity index (χ0v) is 8.63. The molecule has 1 amide bonds. The fourth-order valence-electron chi connectivity index (χ4n) is 1.08. The van der Waals surface area contributed by atoms with Crippen molar-refractivity contribution in [3.05, 3.63) is 11.6 Å². The molecule has 0 aromatic rings. The summed E-state index contributed by atoms with van der Waals surface area (Å²) in [6.45, 7) is 6.82. The Hall–Kier alpha value is -1.23. The summed E-state index contributed by atoms with van der Waals surface area (Å²) < 4.78 is 0. The molecule has 0 fully saturated rings. The minimum Gasteiger partial charge on any atom is -0.328 e. The van der Waals surface area contributed by atoms with Crippen LogP contribution in [0.1, 0.15) is 27.2 Å². The molecule has 0 atom stereocenters. The van der Waals surface area contributed by atoms with E-state index in [1.807, 2.05) is 26.8 Å². The molecule has 72 valence electrons. The van der Waals surface area contributed by atoms with Gasteiger partial charge in [-0.25, -0.2) is 0 Å². The van der Waals surface area contributed by atoms with E-state index in [1.165, 1.54) is 0 Å². The molecule has 0 heterocycles. The highest BCUT2D eigenvalue weighted by Crippen LogP contribution is 2.01. The van der Waals surface area contributed by atoms with E-state index in [0.29, 0.717) is 13.1 Å². The first-order valence-electron chi connectivity index (χ1n) is 4.56. The maximum absolute atomic E-state index is 11.6. The average Bonchev–Trinajstić information content (AvgIpc) is 2.13. The Bertz CT molecular complexity index is 235. The standard InChI is InChI=1S/C11H17NO/c1-5-8-10(4)11(13)12(7-3)9-6-2/h2,8H,5,7,9H2,1,3-4H3/b10-8-. The van der Waals surface area contributed by atoms with Crippen LogP contribution in [0.3, 0.4) is 0 Å². The molecule has 0 bridgehead atoms. The molecule has 0 spiro atoms. The molecule has 0 aromatic carbocycles. The Kier molecular flexibility index (Phi) is 5.71. The summed E-state index contributed by atoms with van der Waals surface area (Å²) in [5.41, 5.74) is 0.777. The average molecular weight is 179 g/mol. The van der Waals surface area contributed by atoms with Crippen LogP contribution >= 0.6 is 0 Å². The van der Waals surface area contributed by atoms with Crippen LogP contribution in [-0.2, 0) is 4.79 Å². The van der Waals surface area contributed by atoms with Crippen LogP contribution in [0.2, 0.25) is 0 Å². The first kappa shape index (κ1) is 11.8. The van der Waals surface area contributed by atoms with Crippen LogP contribution in [0, 0.1) is 12.3 Å². The van der Waals surface area contributed by atoms with Gasteiger partial charge in [0.25, 0.3) is 0 Å². The predicted octanol–water partition coefficient (Wildman–Crippen LogP) is 1.82. The summed E-state index contributed by atoms with van der Waals surface area (Å²) in [6, 6.07) is 0. The minimum atomic E-state index is 0.0438. The summed E-state index contributed by atoms with van der Waals surface area (Å²) in [6.07, 6.45) is 7.95. The Labute approximate surface area is 80.6 Å². The quantitative estimate of drug-likeness (QED) is 0.476. The van der Waals surface area contributed by atoms with E-state index in [9.17, 15) is 4.79 Å². The molecule has 0 aromatic heterocycles. The lowest BCUT2D eigenvalue weighted by Gasteiger charge is -2.17. The molecule has 0 aliphatic carbocycles. The SMILES string of the molecule is C#CCN(CC)C(=O)/C(C)=C\CC. The molecule has 0 aliphatic heterocycles. The Balaban J connectivity index is 4.38. The number of hydrogen-bond acceptors (Lipinski definition) is 1. The predicted molar refractivity (Wildman–Crippen MR) is 55.1 cm³/mol. The van der Waals surface area contributed by atoms with Gasteiger partial charge in [0.2, 0.25) is 5.91 Å². The maximum atomic E-state index is 11.6. The number of terminal acetylenes is 1. The summed E-state index contributed by atoms with van der Waals surface area (Å²) in [5, 5.41) is 0. The van der Waals surface area contributed by atoms with Gasteiger partial charge in [-0.3, -0.25) is 4.79 Å². The van der Waals surface area contributed by atoms with Crippen molar-refractivity contribution in [3.8, 4) is 12.3 Å². The fourth-order valence-corrected chi connectivity index (χ4v) is 1.08. The van der Waals surface area contributed by atoms with E-state index in [2.05, 4.69) is 5.92 Å². The van der Waals surface area contributed by atoms with Gasteiger partial charge in [0.15, 0.2) is 0 Å². The molecule has 0 N–H and O–H groups in total. The molecule has 0 aliphatic rings. The lowest BCUT2D eigenvalue weighted by Crippen LogP contribution is -2.31. The van der Waals surface area contributed by atoms with Crippen molar-refractivity contribution < 1.29 is 4.79 Å². The molecule has 13 heavy (non-hydrogen) atoms. The highest BCUT2D eigenvalue weighted by molar-refractivity contribution is 5.92. The second-order valence-corrected chi connectivity index (χ2v) is 2.82. The number of nitrogens with zero attached hydrogens (tertiary/aromatic N) is 1. The van der Waals surface area contributed by atoms with Crippen molar-refractivity contribution in [2.45, 2.75) is 27.2 Å². The van der Waals surface area contributed by atoms with Gasteiger partial charge in [0.1, 0.15) is 0 Å². The van der Waals surface area contributed by atoms with Crippen LogP contribution in [-0.4, -0.2) is 23.9 Å². The Morgan fingerprint density at radius 1 is 1.54 bits per heavy atom. The van der Waals surface area contributed by atoms with E-state index in [-0.39, 0.29) is 5.91 Å². The molecular weight excluding hydrogens is 162 g/mol. The van der Waals surface area contributed by atoms with Gasteiger partial charge in [0, 0.05) is 12.1 Å². The first-order chi connectivity index (χ1) is 6.17. The maximum Gasteiger partial charge on any atom is 0.249 e. The molecule has 0 radical (unpaired) electrons. The molecule has 0 saturated heterocycles. The molecule has 2 nitrogen and oxygen atoms in total. The monoisotopic (exact) mass is 179 g/mol. The molecule has 2 heteroatoms. The van der Waals surface area contributed by atoms with Gasteiger partial charge in [-0.2, -0.15) is 0 Å². The molecule has 0 unspecified atom stereocenters. The topological polar surface area (TPSA) is 20.3 Å². The molecule has 0 saturated carbocycles. The van der Waals surface area contributed by atoms with Crippen molar-refractivity contribution in [2.24, 2.45) is 0 Å². The molecule has 0 rings (SSSR count). The van der Waals surface area contributed by atoms with Crippen molar-refractivity contribution in [3.63, 3.8) is 0 Å². The van der Waals surface area contributed by atoms with Crippen molar-refractivity contribution in [1.82, 2.24) is 4.90 Å². The van der Waals surface area contributed by atoms with Crippen LogP contribution in [0.15, 0.2) is 11.6 Å². The van der Waals surface area contributed by atoms with Gasteiger partial charge >= 0.3 is 0 Å². The van der Waals surface area contributed by atoms with Crippen LogP contribution in [0.25, 0.3) is 0 Å². The summed E-state index contributed by atoms with van der Waals surface area (Å²) in [5.74, 6) is 2.52. The largest absolute Gasteiger partial charge is 0.328 e. The van der Waals surface area contributed by atoms with Crippen LogP contribution < -0.4 is 0 Å². The van der Waals surface area contributed by atoms with E-state index in [4.69, 9.17) is 6.42 Å². The van der Waals surface area contributed by atoms with Gasteiger partial charge in [-0.05, 0) is 20.3 Å². The van der Waals surface area contributed by atoms with Gasteiger partial charge in [-0.1, -0.05) is 18.9 Å². The number of rotatable bonds is 4. The Morgan fingerprint density at radius 3 is 2.54 bits per heavy atom. The Morgan fingerprint density at radius 2 is 2.15 bits per heavy atom. The normalized spacial score (nSPS) is 10.8. The van der Waals surface area contributed by atoms with Crippen molar-refractivity contribution >= 4 is 5.91 Å². The highest BCUT2D eigenvalue weighted by Gasteiger charge is 2.10. The zero-order chi connectivity index (χ0) is 10.3. The number of hydrogen-bond donors (Lipinski definition) is 0. The lowest BCUT2D eigenvalue weighted by atomic mass is 10.2. The minimum absolute atomic E-state index is 0.0438. The number of carbonyl (C=O) groups is 1. The van der Waals surface area contributed by atoms with Gasteiger partial charge < -0.3 is 4.90 Å². The van der Waals surface area contributed by atoms with E-state index >= 15 is 0 Å². The number of carbonyl (C=O) groups excluding carboxylic acids is 1. The van der Waals surface area contributed by atoms with Crippen LogP contribution in [0.5, 0.6) is 0 Å². The number of likely N-dealkylation sites (N-methyl/N-ethyl adjacent to an activating group) is 1. The zero-order valence-electron chi connectivity index (χ0n) is 8.63. The van der Waals surface area contributed by atoms with E-state index < -0.39 is 0 Å². The summed E-state index contributed by atoms with van der Waals surface area (Å²) in [4.78, 5) is 13.3. The summed E-state index contributed by atoms with van der Waals surface area (Å²) in [7, 11) is 0. The third-order valence-electron chi connectivity index (χ3n) is 1.80. The number of allylic oxidation sites excluding steroid dienone is 1. The van der Waals surface area contributed by atoms with E-state index in [1.54, 1.807) is 4.90 Å². The second-order valence-electron chi connectivity index (χ2n) is 2.82. The lowest BCUT2D eigenvalue weighted by molar-refractivity contribution is -0.126. The van der Waals surface area contributed by atoms with Crippen molar-refractivity contribution in [2.75, 3.05) is 13.1 Å². The van der Waals surface area contributed by atoms with Crippen molar-refractivity contribution in [1.29, 1.82) is 0 Å². The third-order valence-corrected chi connectivity index (χ3v) is 1.80. The molecular formula is C11H17NO.